The van der Waals surface area contributed by atoms with Crippen LogP contribution in [0.4, 0.5) is 5.69 Å². The summed E-state index contributed by atoms with van der Waals surface area (Å²) >= 11 is 5.11. The van der Waals surface area contributed by atoms with Gasteiger partial charge in [0.05, 0.1) is 6.54 Å². The molecule has 0 amide bonds. The number of fused-ring (bicyclic) bond motifs is 1. The second-order valence-electron chi connectivity index (χ2n) is 4.76. The summed E-state index contributed by atoms with van der Waals surface area (Å²) in [5.74, 6) is 0.750. The maximum absolute atomic E-state index is 5.79. The highest BCUT2D eigenvalue weighted by molar-refractivity contribution is 7.80. The molecule has 0 atom stereocenters. The fourth-order valence-corrected chi connectivity index (χ4v) is 2.49. The number of nitrogens with two attached hydrogens (primary N) is 1. The van der Waals surface area contributed by atoms with Gasteiger partial charge in [-0.1, -0.05) is 36.5 Å². The van der Waals surface area contributed by atoms with Crippen LogP contribution in [0.5, 0.6) is 0 Å². The Hall–Kier alpha value is -2.47. The van der Waals surface area contributed by atoms with Gasteiger partial charge in [-0.2, -0.15) is 5.10 Å². The van der Waals surface area contributed by atoms with Crippen molar-refractivity contribution in [3.05, 3.63) is 54.1 Å². The first kappa shape index (κ1) is 13.5. The van der Waals surface area contributed by atoms with Gasteiger partial charge in [0.2, 0.25) is 0 Å². The van der Waals surface area contributed by atoms with Gasteiger partial charge in [-0.15, -0.1) is 0 Å². The molecule has 3 N–H and O–H groups in total. The zero-order chi connectivity index (χ0) is 14.8. The molecule has 0 unspecified atom stereocenters. The van der Waals surface area contributed by atoms with Crippen molar-refractivity contribution < 1.29 is 0 Å². The third-order valence-electron chi connectivity index (χ3n) is 3.27. The van der Waals surface area contributed by atoms with Crippen molar-refractivity contribution in [2.75, 3.05) is 5.32 Å². The lowest BCUT2D eigenvalue weighted by Gasteiger charge is -2.11. The molecule has 0 saturated heterocycles. The van der Waals surface area contributed by atoms with E-state index in [2.05, 4.69) is 15.4 Å². The number of hydrogen-bond acceptors (Lipinski definition) is 4. The molecule has 106 valence electrons. The topological polar surface area (TPSA) is 68.8 Å². The fraction of sp³-hybridized carbons (Fsp3) is 0.133. The summed E-state index contributed by atoms with van der Waals surface area (Å²) in [6.07, 6.45) is 1.69. The molecule has 1 aromatic heterocycles. The van der Waals surface area contributed by atoms with E-state index in [9.17, 15) is 0 Å². The van der Waals surface area contributed by atoms with Gasteiger partial charge in [0.15, 0.2) is 5.82 Å². The Bertz CT molecular complexity index is 809. The molecule has 3 aromatic rings. The quantitative estimate of drug-likeness (QED) is 0.723. The van der Waals surface area contributed by atoms with Gasteiger partial charge in [-0.3, -0.25) is 4.68 Å². The lowest BCUT2D eigenvalue weighted by molar-refractivity contribution is 0.747. The Labute approximate surface area is 127 Å². The van der Waals surface area contributed by atoms with Gasteiger partial charge in [0.1, 0.15) is 11.3 Å². The average Bonchev–Trinajstić information content (AvgIpc) is 2.90. The maximum atomic E-state index is 5.79. The molecule has 2 aromatic carbocycles. The van der Waals surface area contributed by atoms with Crippen LogP contribution in [0.15, 0.2) is 42.7 Å². The number of anilines is 1. The highest BCUT2D eigenvalue weighted by atomic mass is 32.1. The number of benzene rings is 2. The molecule has 0 bridgehead atoms. The van der Waals surface area contributed by atoms with Crippen LogP contribution < -0.4 is 11.1 Å². The van der Waals surface area contributed by atoms with E-state index in [1.807, 2.05) is 43.4 Å². The molecule has 6 heteroatoms. The van der Waals surface area contributed by atoms with Gasteiger partial charge in [0.25, 0.3) is 0 Å². The average molecular weight is 297 g/mol. The Balaban J connectivity index is 1.96. The van der Waals surface area contributed by atoms with Gasteiger partial charge in [-0.05, 0) is 17.5 Å². The summed E-state index contributed by atoms with van der Waals surface area (Å²) in [6, 6.07) is 12.0. The molecule has 0 aliphatic rings. The van der Waals surface area contributed by atoms with Gasteiger partial charge >= 0.3 is 0 Å². The summed E-state index contributed by atoms with van der Waals surface area (Å²) in [6.45, 7) is 0.567. The minimum Gasteiger partial charge on any atom is -0.389 e. The van der Waals surface area contributed by atoms with Crippen LogP contribution in [0.25, 0.3) is 10.8 Å². The Morgan fingerprint density at radius 3 is 2.67 bits per heavy atom. The van der Waals surface area contributed by atoms with Crippen LogP contribution in [0.3, 0.4) is 0 Å². The van der Waals surface area contributed by atoms with E-state index in [-0.39, 0.29) is 0 Å². The molecular formula is C15H15N5S. The van der Waals surface area contributed by atoms with Gasteiger partial charge < -0.3 is 11.1 Å². The molecule has 0 radical (unpaired) electrons. The molecule has 0 saturated carbocycles. The molecular weight excluding hydrogens is 282 g/mol. The van der Waals surface area contributed by atoms with E-state index >= 15 is 0 Å². The summed E-state index contributed by atoms with van der Waals surface area (Å²) in [4.78, 5) is 4.61. The Kier molecular flexibility index (Phi) is 3.53. The monoisotopic (exact) mass is 297 g/mol. The number of nitrogens with one attached hydrogen (secondary N) is 1. The lowest BCUT2D eigenvalue weighted by atomic mass is 10.0. The van der Waals surface area contributed by atoms with Crippen LogP contribution >= 0.6 is 12.2 Å². The van der Waals surface area contributed by atoms with Gasteiger partial charge in [0, 0.05) is 23.7 Å². The highest BCUT2D eigenvalue weighted by Gasteiger charge is 2.08. The smallest absolute Gasteiger partial charge is 0.169 e. The summed E-state index contributed by atoms with van der Waals surface area (Å²) < 4.78 is 1.69. The molecule has 3 rings (SSSR count). The zero-order valence-corrected chi connectivity index (χ0v) is 12.4. The number of rotatable bonds is 4. The van der Waals surface area contributed by atoms with Crippen molar-refractivity contribution in [1.29, 1.82) is 0 Å². The predicted molar refractivity (Wildman–Crippen MR) is 88.2 cm³/mol. The number of hydrogen-bond donors (Lipinski definition) is 2. The van der Waals surface area contributed by atoms with E-state index in [1.54, 1.807) is 11.0 Å². The van der Waals surface area contributed by atoms with E-state index in [1.165, 1.54) is 0 Å². The zero-order valence-electron chi connectivity index (χ0n) is 11.6. The molecule has 0 aliphatic heterocycles. The van der Waals surface area contributed by atoms with E-state index in [0.717, 1.165) is 27.8 Å². The van der Waals surface area contributed by atoms with Crippen LogP contribution in [-0.2, 0) is 13.6 Å². The van der Waals surface area contributed by atoms with E-state index in [4.69, 9.17) is 18.0 Å². The standard InChI is InChI=1S/C15H15N5S/c1-20-9-18-14(19-20)8-17-13-7-6-12(15(16)21)10-4-2-3-5-11(10)13/h2-7,9,17H,8H2,1H3,(H2,16,21). The summed E-state index contributed by atoms with van der Waals surface area (Å²) in [7, 11) is 1.85. The van der Waals surface area contributed by atoms with Crippen molar-refractivity contribution in [3.63, 3.8) is 0 Å². The normalized spacial score (nSPS) is 10.7. The molecule has 0 fully saturated rings. The number of aryl methyl sites for hydroxylation is 1. The first-order valence-corrected chi connectivity index (χ1v) is 6.96. The van der Waals surface area contributed by atoms with Crippen LogP contribution in [-0.4, -0.2) is 19.8 Å². The van der Waals surface area contributed by atoms with Crippen molar-refractivity contribution >= 4 is 33.7 Å². The lowest BCUT2D eigenvalue weighted by Crippen LogP contribution is -2.10. The Morgan fingerprint density at radius 1 is 1.24 bits per heavy atom. The minimum absolute atomic E-state index is 0.407. The second-order valence-corrected chi connectivity index (χ2v) is 5.20. The third-order valence-corrected chi connectivity index (χ3v) is 3.49. The van der Waals surface area contributed by atoms with Crippen LogP contribution in [0.2, 0.25) is 0 Å². The van der Waals surface area contributed by atoms with Crippen molar-refractivity contribution in [2.45, 2.75) is 6.54 Å². The predicted octanol–water partition coefficient (Wildman–Crippen LogP) is 2.21. The maximum Gasteiger partial charge on any atom is 0.169 e. The molecule has 1 heterocycles. The molecule has 0 spiro atoms. The number of thiocarbonyl (C=S) groups is 1. The fourth-order valence-electron chi connectivity index (χ4n) is 2.31. The van der Waals surface area contributed by atoms with Crippen molar-refractivity contribution in [3.8, 4) is 0 Å². The number of aromatic nitrogens is 3. The Morgan fingerprint density at radius 2 is 2.00 bits per heavy atom. The molecule has 5 nitrogen and oxygen atoms in total. The second kappa shape index (κ2) is 5.49. The van der Waals surface area contributed by atoms with Crippen molar-refractivity contribution in [1.82, 2.24) is 14.8 Å². The highest BCUT2D eigenvalue weighted by Crippen LogP contribution is 2.27. The summed E-state index contributed by atoms with van der Waals surface area (Å²) in [5, 5.41) is 9.74. The van der Waals surface area contributed by atoms with Crippen molar-refractivity contribution in [2.24, 2.45) is 12.8 Å². The SMILES string of the molecule is Cn1cnc(CNc2ccc(C(N)=S)c3ccccc23)n1. The first-order chi connectivity index (χ1) is 10.1. The summed E-state index contributed by atoms with van der Waals surface area (Å²) in [5.41, 5.74) is 7.69. The van der Waals surface area contributed by atoms with E-state index < -0.39 is 0 Å². The van der Waals surface area contributed by atoms with Crippen LogP contribution in [0.1, 0.15) is 11.4 Å². The van der Waals surface area contributed by atoms with E-state index in [0.29, 0.717) is 11.5 Å². The first-order valence-electron chi connectivity index (χ1n) is 6.55. The van der Waals surface area contributed by atoms with Gasteiger partial charge in [-0.25, -0.2) is 4.98 Å². The molecule has 0 aliphatic carbocycles. The largest absolute Gasteiger partial charge is 0.389 e. The number of nitrogens with zero attached hydrogens (tertiary/aromatic N) is 3. The third kappa shape index (κ3) is 2.71. The van der Waals surface area contributed by atoms with Crippen LogP contribution in [0, 0.1) is 0 Å². The minimum atomic E-state index is 0.407. The molecule has 21 heavy (non-hydrogen) atoms.